The molecule has 0 saturated heterocycles. The molecule has 0 aromatic carbocycles. The topological polar surface area (TPSA) is 21.3 Å². The Hall–Kier alpha value is -0.0800. The fourth-order valence-electron chi connectivity index (χ4n) is 3.52. The molecule has 1 fully saturated rings. The van der Waals surface area contributed by atoms with E-state index in [-0.39, 0.29) is 0 Å². The molecule has 3 unspecified atom stereocenters. The van der Waals surface area contributed by atoms with Crippen molar-refractivity contribution in [3.63, 3.8) is 0 Å². The van der Waals surface area contributed by atoms with Gasteiger partial charge in [0.2, 0.25) is 0 Å². The lowest BCUT2D eigenvalue weighted by Gasteiger charge is -2.42. The third kappa shape index (κ3) is 7.15. The fourth-order valence-corrected chi connectivity index (χ4v) is 3.52. The lowest BCUT2D eigenvalue weighted by Crippen LogP contribution is -2.43. The van der Waals surface area contributed by atoms with Crippen LogP contribution in [0.3, 0.4) is 0 Å². The van der Waals surface area contributed by atoms with Gasteiger partial charge < -0.3 is 10.1 Å². The quantitative estimate of drug-likeness (QED) is 0.645. The van der Waals surface area contributed by atoms with Crippen LogP contribution in [-0.2, 0) is 4.74 Å². The summed E-state index contributed by atoms with van der Waals surface area (Å²) < 4.78 is 5.84. The van der Waals surface area contributed by atoms with Crippen LogP contribution in [0.25, 0.3) is 0 Å². The summed E-state index contributed by atoms with van der Waals surface area (Å²) in [5.74, 6) is 2.31. The lowest BCUT2D eigenvalue weighted by atomic mass is 9.67. The van der Waals surface area contributed by atoms with Gasteiger partial charge in [0.25, 0.3) is 0 Å². The Bertz CT molecular complexity index is 269. The summed E-state index contributed by atoms with van der Waals surface area (Å²) in [7, 11) is 0. The van der Waals surface area contributed by atoms with Crippen molar-refractivity contribution in [3.05, 3.63) is 0 Å². The third-order valence-electron chi connectivity index (χ3n) is 4.95. The number of ether oxygens (including phenoxy) is 1. The molecule has 1 aliphatic rings. The molecule has 0 heterocycles. The summed E-state index contributed by atoms with van der Waals surface area (Å²) in [5.41, 5.74) is 0.451. The van der Waals surface area contributed by atoms with E-state index in [2.05, 4.69) is 46.9 Å². The van der Waals surface area contributed by atoms with Crippen LogP contribution in [-0.4, -0.2) is 25.8 Å². The Morgan fingerprint density at radius 2 is 1.90 bits per heavy atom. The van der Waals surface area contributed by atoms with Crippen molar-refractivity contribution in [2.75, 3.05) is 19.8 Å². The van der Waals surface area contributed by atoms with Gasteiger partial charge in [-0.25, -0.2) is 0 Å². The zero-order valence-electron chi connectivity index (χ0n) is 15.4. The van der Waals surface area contributed by atoms with Gasteiger partial charge in [0.05, 0.1) is 0 Å². The van der Waals surface area contributed by atoms with E-state index in [1.165, 1.54) is 32.1 Å². The Balaban J connectivity index is 2.48. The van der Waals surface area contributed by atoms with Crippen molar-refractivity contribution in [2.45, 2.75) is 79.7 Å². The summed E-state index contributed by atoms with van der Waals surface area (Å²) in [6.07, 6.45) is 6.55. The van der Waals surface area contributed by atoms with E-state index in [1.807, 2.05) is 0 Å². The average Bonchev–Trinajstić information content (AvgIpc) is 2.40. The standard InChI is InChI=1S/C19H39NO/c1-7-11-20-18-9-8-17(19(4,5)6)13-16(18)10-12-21-14-15(2)3/h15-18,20H,7-14H2,1-6H3. The van der Waals surface area contributed by atoms with E-state index < -0.39 is 0 Å². The zero-order valence-corrected chi connectivity index (χ0v) is 15.4. The van der Waals surface area contributed by atoms with E-state index in [1.54, 1.807) is 0 Å². The second kappa shape index (κ2) is 9.15. The van der Waals surface area contributed by atoms with E-state index in [0.717, 1.165) is 31.6 Å². The Morgan fingerprint density at radius 1 is 1.19 bits per heavy atom. The normalized spacial score (nSPS) is 27.3. The van der Waals surface area contributed by atoms with Gasteiger partial charge in [-0.05, 0) is 61.8 Å². The van der Waals surface area contributed by atoms with E-state index in [4.69, 9.17) is 4.74 Å². The smallest absolute Gasteiger partial charge is 0.0488 e. The molecule has 2 nitrogen and oxygen atoms in total. The highest BCUT2D eigenvalue weighted by molar-refractivity contribution is 4.88. The predicted octanol–water partition coefficient (Wildman–Crippen LogP) is 4.88. The molecule has 0 bridgehead atoms. The Kier molecular flexibility index (Phi) is 8.26. The van der Waals surface area contributed by atoms with Gasteiger partial charge in [0.1, 0.15) is 0 Å². The van der Waals surface area contributed by atoms with Gasteiger partial charge in [-0.2, -0.15) is 0 Å². The molecule has 126 valence electrons. The largest absolute Gasteiger partial charge is 0.381 e. The first-order valence-corrected chi connectivity index (χ1v) is 9.15. The van der Waals surface area contributed by atoms with Crippen LogP contribution < -0.4 is 5.32 Å². The summed E-state index contributed by atoms with van der Waals surface area (Å²) in [5, 5.41) is 3.79. The minimum absolute atomic E-state index is 0.451. The fraction of sp³-hybridized carbons (Fsp3) is 1.00. The summed E-state index contributed by atoms with van der Waals surface area (Å²) in [6, 6.07) is 0.714. The molecule has 0 aromatic heterocycles. The van der Waals surface area contributed by atoms with Crippen LogP contribution in [0.5, 0.6) is 0 Å². The molecule has 1 saturated carbocycles. The minimum Gasteiger partial charge on any atom is -0.381 e. The number of rotatable bonds is 8. The summed E-state index contributed by atoms with van der Waals surface area (Å²) in [6.45, 7) is 16.9. The molecule has 0 aromatic rings. The van der Waals surface area contributed by atoms with Crippen molar-refractivity contribution in [3.8, 4) is 0 Å². The maximum absolute atomic E-state index is 5.84. The highest BCUT2D eigenvalue weighted by Crippen LogP contribution is 2.41. The van der Waals surface area contributed by atoms with Crippen molar-refractivity contribution >= 4 is 0 Å². The molecule has 0 aliphatic heterocycles. The van der Waals surface area contributed by atoms with Gasteiger partial charge in [-0.1, -0.05) is 41.5 Å². The number of nitrogens with one attached hydrogen (secondary N) is 1. The zero-order chi connectivity index (χ0) is 15.9. The van der Waals surface area contributed by atoms with Crippen LogP contribution in [0, 0.1) is 23.2 Å². The van der Waals surface area contributed by atoms with Crippen molar-refractivity contribution in [2.24, 2.45) is 23.2 Å². The minimum atomic E-state index is 0.451. The number of hydrogen-bond acceptors (Lipinski definition) is 2. The first kappa shape index (κ1) is 19.0. The second-order valence-electron chi connectivity index (χ2n) is 8.45. The highest BCUT2D eigenvalue weighted by Gasteiger charge is 2.35. The summed E-state index contributed by atoms with van der Waals surface area (Å²) >= 11 is 0. The SMILES string of the molecule is CCCNC1CCC(C(C)(C)C)CC1CCOCC(C)C. The van der Waals surface area contributed by atoms with E-state index in [0.29, 0.717) is 17.4 Å². The van der Waals surface area contributed by atoms with Gasteiger partial charge in [0.15, 0.2) is 0 Å². The van der Waals surface area contributed by atoms with Crippen LogP contribution in [0.4, 0.5) is 0 Å². The van der Waals surface area contributed by atoms with Crippen LogP contribution >= 0.6 is 0 Å². The van der Waals surface area contributed by atoms with E-state index in [9.17, 15) is 0 Å². The average molecular weight is 298 g/mol. The molecule has 0 radical (unpaired) electrons. The van der Waals surface area contributed by atoms with Gasteiger partial charge >= 0.3 is 0 Å². The Morgan fingerprint density at radius 3 is 2.48 bits per heavy atom. The molecule has 0 amide bonds. The Labute approximate surface area is 133 Å². The van der Waals surface area contributed by atoms with Crippen LogP contribution in [0.2, 0.25) is 0 Å². The van der Waals surface area contributed by atoms with Crippen LogP contribution in [0.15, 0.2) is 0 Å². The maximum Gasteiger partial charge on any atom is 0.0488 e. The monoisotopic (exact) mass is 297 g/mol. The summed E-state index contributed by atoms with van der Waals surface area (Å²) in [4.78, 5) is 0. The van der Waals surface area contributed by atoms with Gasteiger partial charge in [-0.15, -0.1) is 0 Å². The molecule has 3 atom stereocenters. The van der Waals surface area contributed by atoms with Crippen molar-refractivity contribution in [1.29, 1.82) is 0 Å². The van der Waals surface area contributed by atoms with Crippen molar-refractivity contribution in [1.82, 2.24) is 5.32 Å². The maximum atomic E-state index is 5.84. The molecule has 1 rings (SSSR count). The molecule has 1 aliphatic carbocycles. The molecule has 2 heteroatoms. The van der Waals surface area contributed by atoms with Crippen LogP contribution in [0.1, 0.15) is 73.6 Å². The molecular weight excluding hydrogens is 258 g/mol. The van der Waals surface area contributed by atoms with Gasteiger partial charge in [0, 0.05) is 19.3 Å². The molecule has 0 spiro atoms. The van der Waals surface area contributed by atoms with Crippen molar-refractivity contribution < 1.29 is 4.74 Å². The predicted molar refractivity (Wildman–Crippen MR) is 92.6 cm³/mol. The van der Waals surface area contributed by atoms with Gasteiger partial charge in [-0.3, -0.25) is 0 Å². The first-order chi connectivity index (χ1) is 9.84. The molecule has 21 heavy (non-hydrogen) atoms. The lowest BCUT2D eigenvalue weighted by molar-refractivity contribution is 0.0628. The number of hydrogen-bond donors (Lipinski definition) is 1. The molecule has 1 N–H and O–H groups in total. The second-order valence-corrected chi connectivity index (χ2v) is 8.45. The molecular formula is C19H39NO. The first-order valence-electron chi connectivity index (χ1n) is 9.15. The third-order valence-corrected chi connectivity index (χ3v) is 4.95. The van der Waals surface area contributed by atoms with E-state index >= 15 is 0 Å². The highest BCUT2D eigenvalue weighted by atomic mass is 16.5.